The van der Waals surface area contributed by atoms with Crippen molar-refractivity contribution in [3.8, 4) is 0 Å². The van der Waals surface area contributed by atoms with Crippen LogP contribution in [0.1, 0.15) is 69.2 Å². The number of carbonyl (C=O) groups excluding carboxylic acids is 3. The first kappa shape index (κ1) is 24.4. The summed E-state index contributed by atoms with van der Waals surface area (Å²) in [7, 11) is 0. The van der Waals surface area contributed by atoms with Crippen molar-refractivity contribution in [1.82, 2.24) is 15.1 Å². The number of piperidine rings is 1. The molecule has 0 atom stereocenters. The van der Waals surface area contributed by atoms with E-state index in [4.69, 9.17) is 0 Å². The van der Waals surface area contributed by atoms with Crippen molar-refractivity contribution in [3.05, 3.63) is 23.8 Å². The fraction of sp³-hybridized carbons (Fsp3) is 0.654. The highest BCUT2D eigenvalue weighted by atomic mass is 16.2. The van der Waals surface area contributed by atoms with E-state index < -0.39 is 0 Å². The van der Waals surface area contributed by atoms with Crippen molar-refractivity contribution in [1.29, 1.82) is 0 Å². The van der Waals surface area contributed by atoms with Crippen molar-refractivity contribution in [2.45, 2.75) is 64.8 Å². The van der Waals surface area contributed by atoms with Gasteiger partial charge in [-0.2, -0.15) is 0 Å². The van der Waals surface area contributed by atoms with Crippen molar-refractivity contribution >= 4 is 29.2 Å². The molecule has 2 N–H and O–H groups in total. The van der Waals surface area contributed by atoms with E-state index in [9.17, 15) is 14.4 Å². The van der Waals surface area contributed by atoms with Crippen LogP contribution in [0.5, 0.6) is 0 Å². The second kappa shape index (κ2) is 11.1. The van der Waals surface area contributed by atoms with Crippen LogP contribution in [-0.2, 0) is 4.79 Å². The Kier molecular flexibility index (Phi) is 7.95. The SMILES string of the molecule is CC(C)NC(=O)N1CCCN(c2ccc(NC(=O)C3CCC3)cc2C(=O)N2CCCCC2)CC1. The van der Waals surface area contributed by atoms with Gasteiger partial charge in [0.15, 0.2) is 0 Å². The summed E-state index contributed by atoms with van der Waals surface area (Å²) in [5.41, 5.74) is 2.23. The molecule has 1 aromatic carbocycles. The molecule has 1 aliphatic carbocycles. The lowest BCUT2D eigenvalue weighted by molar-refractivity contribution is -0.122. The minimum atomic E-state index is -0.0319. The Labute approximate surface area is 203 Å². The summed E-state index contributed by atoms with van der Waals surface area (Å²) in [6, 6.07) is 5.81. The maximum atomic E-state index is 13.6. The summed E-state index contributed by atoms with van der Waals surface area (Å²) in [6.07, 6.45) is 7.05. The number of benzene rings is 1. The number of anilines is 2. The smallest absolute Gasteiger partial charge is 0.317 e. The Hall–Kier alpha value is -2.77. The molecule has 0 unspecified atom stereocenters. The summed E-state index contributed by atoms with van der Waals surface area (Å²) in [4.78, 5) is 44.7. The first-order valence-corrected chi connectivity index (χ1v) is 13.0. The first-order chi connectivity index (χ1) is 16.4. The summed E-state index contributed by atoms with van der Waals surface area (Å²) in [5.74, 6) is 0.180. The monoisotopic (exact) mass is 469 g/mol. The molecule has 0 spiro atoms. The highest BCUT2D eigenvalue weighted by molar-refractivity contribution is 6.02. The number of nitrogens with one attached hydrogen (secondary N) is 2. The highest BCUT2D eigenvalue weighted by Gasteiger charge is 2.28. The largest absolute Gasteiger partial charge is 0.369 e. The van der Waals surface area contributed by atoms with Crippen LogP contribution in [0.4, 0.5) is 16.2 Å². The zero-order chi connectivity index (χ0) is 24.1. The van der Waals surface area contributed by atoms with Crippen LogP contribution >= 0.6 is 0 Å². The predicted molar refractivity (Wildman–Crippen MR) is 134 cm³/mol. The molecule has 34 heavy (non-hydrogen) atoms. The third kappa shape index (κ3) is 5.83. The number of carbonyl (C=O) groups is 3. The number of nitrogens with zero attached hydrogens (tertiary/aromatic N) is 3. The van der Waals surface area contributed by atoms with E-state index >= 15 is 0 Å². The zero-order valence-electron chi connectivity index (χ0n) is 20.6. The molecule has 2 saturated heterocycles. The van der Waals surface area contributed by atoms with Gasteiger partial charge in [0.1, 0.15) is 0 Å². The number of amides is 4. The molecular weight excluding hydrogens is 430 g/mol. The molecule has 0 radical (unpaired) electrons. The predicted octanol–water partition coefficient (Wildman–Crippen LogP) is 3.68. The molecule has 0 aromatic heterocycles. The highest BCUT2D eigenvalue weighted by Crippen LogP contribution is 2.31. The molecule has 8 nitrogen and oxygen atoms in total. The summed E-state index contributed by atoms with van der Waals surface area (Å²) in [6.45, 7) is 8.23. The molecule has 2 heterocycles. The third-order valence-electron chi connectivity index (χ3n) is 7.15. The van der Waals surface area contributed by atoms with E-state index in [-0.39, 0.29) is 29.8 Å². The summed E-state index contributed by atoms with van der Waals surface area (Å²) in [5, 5.41) is 6.01. The van der Waals surface area contributed by atoms with Crippen molar-refractivity contribution < 1.29 is 14.4 Å². The second-order valence-corrected chi connectivity index (χ2v) is 10.1. The van der Waals surface area contributed by atoms with Gasteiger partial charge in [-0.3, -0.25) is 9.59 Å². The van der Waals surface area contributed by atoms with Gasteiger partial charge in [0.25, 0.3) is 5.91 Å². The van der Waals surface area contributed by atoms with Gasteiger partial charge < -0.3 is 25.3 Å². The average Bonchev–Trinajstić information content (AvgIpc) is 3.04. The van der Waals surface area contributed by atoms with Gasteiger partial charge in [-0.15, -0.1) is 0 Å². The number of hydrogen-bond donors (Lipinski definition) is 2. The Morgan fingerprint density at radius 2 is 1.59 bits per heavy atom. The molecule has 1 saturated carbocycles. The number of urea groups is 1. The standard InChI is InChI=1S/C26H39N5O3/c1-19(2)27-26(34)31-15-7-14-29(16-17-31)23-11-10-21(28-24(32)20-8-6-9-20)18-22(23)25(33)30-12-4-3-5-13-30/h10-11,18-20H,3-9,12-17H2,1-2H3,(H,27,34)(H,28,32). The van der Waals surface area contributed by atoms with Crippen LogP contribution in [0, 0.1) is 5.92 Å². The molecule has 3 fully saturated rings. The van der Waals surface area contributed by atoms with Crippen molar-refractivity contribution in [2.24, 2.45) is 5.92 Å². The molecule has 4 rings (SSSR count). The van der Waals surface area contributed by atoms with E-state index in [1.54, 1.807) is 0 Å². The van der Waals surface area contributed by atoms with E-state index in [2.05, 4.69) is 15.5 Å². The van der Waals surface area contributed by atoms with E-state index in [0.717, 1.165) is 70.3 Å². The fourth-order valence-corrected chi connectivity index (χ4v) is 4.94. The van der Waals surface area contributed by atoms with Gasteiger partial charge in [0, 0.05) is 62.6 Å². The van der Waals surface area contributed by atoms with Crippen LogP contribution in [0.15, 0.2) is 18.2 Å². The lowest BCUT2D eigenvalue weighted by atomic mass is 9.85. The van der Waals surface area contributed by atoms with Gasteiger partial charge in [0.2, 0.25) is 5.91 Å². The molecule has 2 aliphatic heterocycles. The third-order valence-corrected chi connectivity index (χ3v) is 7.15. The van der Waals surface area contributed by atoms with E-state index in [1.165, 1.54) is 0 Å². The summed E-state index contributed by atoms with van der Waals surface area (Å²) >= 11 is 0. The van der Waals surface area contributed by atoms with Gasteiger partial charge in [0.05, 0.1) is 5.56 Å². The van der Waals surface area contributed by atoms with Crippen LogP contribution in [0.2, 0.25) is 0 Å². The fourth-order valence-electron chi connectivity index (χ4n) is 4.94. The van der Waals surface area contributed by atoms with Crippen molar-refractivity contribution in [3.63, 3.8) is 0 Å². The van der Waals surface area contributed by atoms with Gasteiger partial charge >= 0.3 is 6.03 Å². The maximum Gasteiger partial charge on any atom is 0.317 e. The molecule has 186 valence electrons. The second-order valence-electron chi connectivity index (χ2n) is 10.1. The Morgan fingerprint density at radius 1 is 0.853 bits per heavy atom. The average molecular weight is 470 g/mol. The lowest BCUT2D eigenvalue weighted by Crippen LogP contribution is -2.44. The zero-order valence-corrected chi connectivity index (χ0v) is 20.6. The van der Waals surface area contributed by atoms with Crippen LogP contribution in [0.3, 0.4) is 0 Å². The normalized spacial score (nSPS) is 19.4. The number of hydrogen-bond acceptors (Lipinski definition) is 4. The Balaban J connectivity index is 1.54. The Morgan fingerprint density at radius 3 is 2.26 bits per heavy atom. The minimum absolute atomic E-state index is 0.0319. The maximum absolute atomic E-state index is 13.6. The molecule has 8 heteroatoms. The minimum Gasteiger partial charge on any atom is -0.369 e. The molecule has 1 aromatic rings. The van der Waals surface area contributed by atoms with Gasteiger partial charge in [-0.05, 0) is 70.6 Å². The molecular formula is C26H39N5O3. The van der Waals surface area contributed by atoms with E-state index in [1.807, 2.05) is 41.8 Å². The number of rotatable bonds is 5. The van der Waals surface area contributed by atoms with Crippen LogP contribution < -0.4 is 15.5 Å². The first-order valence-electron chi connectivity index (χ1n) is 13.0. The lowest BCUT2D eigenvalue weighted by Gasteiger charge is -2.31. The van der Waals surface area contributed by atoms with Crippen molar-refractivity contribution in [2.75, 3.05) is 49.5 Å². The molecule has 0 bridgehead atoms. The van der Waals surface area contributed by atoms with Crippen LogP contribution in [-0.4, -0.2) is 73.0 Å². The number of likely N-dealkylation sites (tertiary alicyclic amines) is 1. The summed E-state index contributed by atoms with van der Waals surface area (Å²) < 4.78 is 0. The quantitative estimate of drug-likeness (QED) is 0.689. The van der Waals surface area contributed by atoms with Gasteiger partial charge in [-0.25, -0.2) is 4.79 Å². The van der Waals surface area contributed by atoms with E-state index in [0.29, 0.717) is 30.9 Å². The van der Waals surface area contributed by atoms with Crippen LogP contribution in [0.25, 0.3) is 0 Å². The molecule has 3 aliphatic rings. The Bertz CT molecular complexity index is 892. The topological polar surface area (TPSA) is 85.0 Å². The molecule has 4 amide bonds. The van der Waals surface area contributed by atoms with Gasteiger partial charge in [-0.1, -0.05) is 6.42 Å².